The Morgan fingerprint density at radius 2 is 2.00 bits per heavy atom. The van der Waals surface area contributed by atoms with Gasteiger partial charge in [-0.05, 0) is 23.9 Å². The largest absolute Gasteiger partial charge is 0.373 e. The first kappa shape index (κ1) is 13.6. The summed E-state index contributed by atoms with van der Waals surface area (Å²) in [4.78, 5) is 14.8. The van der Waals surface area contributed by atoms with E-state index in [0.29, 0.717) is 0 Å². The van der Waals surface area contributed by atoms with Crippen molar-refractivity contribution in [2.24, 2.45) is 0 Å². The van der Waals surface area contributed by atoms with E-state index in [1.165, 1.54) is 16.9 Å². The summed E-state index contributed by atoms with van der Waals surface area (Å²) in [6.45, 7) is 3.79. The first-order valence-electron chi connectivity index (χ1n) is 6.33. The highest BCUT2D eigenvalue weighted by molar-refractivity contribution is 7.12. The summed E-state index contributed by atoms with van der Waals surface area (Å²) in [7, 11) is 0. The van der Waals surface area contributed by atoms with E-state index in [1.807, 2.05) is 41.9 Å². The Balaban J connectivity index is 1.97. The molecule has 2 nitrogen and oxygen atoms in total. The molecule has 0 bridgehead atoms. The van der Waals surface area contributed by atoms with Crippen molar-refractivity contribution >= 4 is 17.1 Å². The normalized spacial score (nSPS) is 10.8. The van der Waals surface area contributed by atoms with E-state index >= 15 is 0 Å². The summed E-state index contributed by atoms with van der Waals surface area (Å²) in [6, 6.07) is 14.0. The molecule has 0 amide bonds. The van der Waals surface area contributed by atoms with Gasteiger partial charge in [0.1, 0.15) is 0 Å². The first-order valence-corrected chi connectivity index (χ1v) is 7.21. The van der Waals surface area contributed by atoms with Gasteiger partial charge in [0, 0.05) is 25.4 Å². The minimum absolute atomic E-state index is 0.0708. The van der Waals surface area contributed by atoms with Gasteiger partial charge in [-0.2, -0.15) is 0 Å². The molecule has 2 rings (SSSR count). The number of carbonyl (C=O) groups excluding carboxylic acids is 1. The van der Waals surface area contributed by atoms with E-state index in [-0.39, 0.29) is 5.78 Å². The van der Waals surface area contributed by atoms with Gasteiger partial charge in [-0.1, -0.05) is 36.4 Å². The van der Waals surface area contributed by atoms with Gasteiger partial charge in [0.05, 0.1) is 4.88 Å². The van der Waals surface area contributed by atoms with Crippen LogP contribution in [0.5, 0.6) is 0 Å². The van der Waals surface area contributed by atoms with E-state index in [9.17, 15) is 4.79 Å². The van der Waals surface area contributed by atoms with Gasteiger partial charge in [-0.15, -0.1) is 11.3 Å². The van der Waals surface area contributed by atoms with Crippen LogP contribution in [0.25, 0.3) is 0 Å². The highest BCUT2D eigenvalue weighted by atomic mass is 32.1. The van der Waals surface area contributed by atoms with E-state index in [1.54, 1.807) is 6.08 Å². The molecule has 0 saturated heterocycles. The Hall–Kier alpha value is -1.87. The van der Waals surface area contributed by atoms with Crippen molar-refractivity contribution in [2.45, 2.75) is 13.5 Å². The van der Waals surface area contributed by atoms with Gasteiger partial charge >= 0.3 is 0 Å². The minimum atomic E-state index is 0.0708. The lowest BCUT2D eigenvalue weighted by Gasteiger charge is -2.17. The predicted molar refractivity (Wildman–Crippen MR) is 80.3 cm³/mol. The monoisotopic (exact) mass is 271 g/mol. The molecule has 0 aliphatic heterocycles. The van der Waals surface area contributed by atoms with Crippen LogP contribution in [0.1, 0.15) is 22.2 Å². The van der Waals surface area contributed by atoms with Crippen LogP contribution in [0, 0.1) is 0 Å². The number of hydrogen-bond donors (Lipinski definition) is 0. The van der Waals surface area contributed by atoms with Gasteiger partial charge in [-0.25, -0.2) is 0 Å². The molecule has 1 aromatic heterocycles. The average molecular weight is 271 g/mol. The molecule has 0 N–H and O–H groups in total. The molecule has 0 aliphatic rings. The van der Waals surface area contributed by atoms with Crippen molar-refractivity contribution in [3.05, 3.63) is 70.6 Å². The highest BCUT2D eigenvalue weighted by Gasteiger charge is 2.03. The van der Waals surface area contributed by atoms with Crippen molar-refractivity contribution < 1.29 is 4.79 Å². The Morgan fingerprint density at radius 1 is 1.21 bits per heavy atom. The summed E-state index contributed by atoms with van der Waals surface area (Å²) in [5.74, 6) is 0.0708. The van der Waals surface area contributed by atoms with Gasteiger partial charge in [-0.3, -0.25) is 4.79 Å². The van der Waals surface area contributed by atoms with E-state index in [0.717, 1.165) is 18.0 Å². The molecule has 0 atom stereocenters. The number of benzene rings is 1. The Labute approximate surface area is 118 Å². The first-order chi connectivity index (χ1) is 9.29. The zero-order chi connectivity index (χ0) is 13.5. The van der Waals surface area contributed by atoms with Gasteiger partial charge in [0.15, 0.2) is 5.78 Å². The Kier molecular flexibility index (Phi) is 4.93. The number of nitrogens with zero attached hydrogens (tertiary/aromatic N) is 1. The molecular weight excluding hydrogens is 254 g/mol. The number of allylic oxidation sites excluding steroid dienone is 1. The summed E-state index contributed by atoms with van der Waals surface area (Å²) in [5.41, 5.74) is 1.25. The maximum Gasteiger partial charge on any atom is 0.197 e. The molecular formula is C16H17NOS. The Morgan fingerprint density at radius 3 is 2.63 bits per heavy atom. The predicted octanol–water partition coefficient (Wildman–Crippen LogP) is 3.97. The second-order valence-corrected chi connectivity index (χ2v) is 5.15. The number of thiophene rings is 1. The van der Waals surface area contributed by atoms with Gasteiger partial charge < -0.3 is 4.90 Å². The molecule has 0 fully saturated rings. The summed E-state index contributed by atoms with van der Waals surface area (Å²) < 4.78 is 0. The Bertz CT molecular complexity index is 531. The van der Waals surface area contributed by atoms with Crippen LogP contribution in [0.2, 0.25) is 0 Å². The second-order valence-electron chi connectivity index (χ2n) is 4.21. The number of carbonyl (C=O) groups is 1. The number of ketones is 1. The average Bonchev–Trinajstić information content (AvgIpc) is 2.98. The topological polar surface area (TPSA) is 20.3 Å². The third-order valence-electron chi connectivity index (χ3n) is 2.84. The number of rotatable bonds is 6. The SMILES string of the molecule is CCN(C=CC(=O)c1cccs1)Cc1ccccc1. The van der Waals surface area contributed by atoms with Crippen molar-refractivity contribution in [3.8, 4) is 0 Å². The van der Waals surface area contributed by atoms with Crippen molar-refractivity contribution in [2.75, 3.05) is 6.54 Å². The second kappa shape index (κ2) is 6.90. The van der Waals surface area contributed by atoms with Crippen LogP contribution < -0.4 is 0 Å². The zero-order valence-electron chi connectivity index (χ0n) is 11.0. The minimum Gasteiger partial charge on any atom is -0.373 e. The van der Waals surface area contributed by atoms with E-state index in [2.05, 4.69) is 24.0 Å². The fourth-order valence-electron chi connectivity index (χ4n) is 1.76. The molecule has 0 spiro atoms. The van der Waals surface area contributed by atoms with Crippen molar-refractivity contribution in [3.63, 3.8) is 0 Å². The lowest BCUT2D eigenvalue weighted by Crippen LogP contribution is -2.16. The van der Waals surface area contributed by atoms with Gasteiger partial charge in [0.25, 0.3) is 0 Å². The van der Waals surface area contributed by atoms with Crippen LogP contribution >= 0.6 is 11.3 Å². The fraction of sp³-hybridized carbons (Fsp3) is 0.188. The van der Waals surface area contributed by atoms with E-state index in [4.69, 9.17) is 0 Å². The molecule has 98 valence electrons. The van der Waals surface area contributed by atoms with Crippen LogP contribution in [0.4, 0.5) is 0 Å². The third kappa shape index (κ3) is 4.07. The maximum atomic E-state index is 11.9. The molecule has 19 heavy (non-hydrogen) atoms. The maximum absolute atomic E-state index is 11.9. The molecule has 1 aromatic carbocycles. The molecule has 1 heterocycles. The molecule has 2 aromatic rings. The van der Waals surface area contributed by atoms with Crippen LogP contribution in [-0.4, -0.2) is 17.2 Å². The third-order valence-corrected chi connectivity index (χ3v) is 3.72. The van der Waals surface area contributed by atoms with Gasteiger partial charge in [0.2, 0.25) is 0 Å². The summed E-state index contributed by atoms with van der Waals surface area (Å²) in [6.07, 6.45) is 3.54. The van der Waals surface area contributed by atoms with Crippen molar-refractivity contribution in [1.29, 1.82) is 0 Å². The number of hydrogen-bond acceptors (Lipinski definition) is 3. The molecule has 0 radical (unpaired) electrons. The standard InChI is InChI=1S/C16H17NOS/c1-2-17(13-14-7-4-3-5-8-14)11-10-15(18)16-9-6-12-19-16/h3-12H,2,13H2,1H3. The quantitative estimate of drug-likeness (QED) is 0.585. The summed E-state index contributed by atoms with van der Waals surface area (Å²) in [5, 5.41) is 1.92. The zero-order valence-corrected chi connectivity index (χ0v) is 11.8. The summed E-state index contributed by atoms with van der Waals surface area (Å²) >= 11 is 1.47. The van der Waals surface area contributed by atoms with Crippen LogP contribution in [0.3, 0.4) is 0 Å². The lowest BCUT2D eigenvalue weighted by molar-refractivity contribution is 0.104. The molecule has 0 aliphatic carbocycles. The lowest BCUT2D eigenvalue weighted by atomic mass is 10.2. The van der Waals surface area contributed by atoms with E-state index < -0.39 is 0 Å². The van der Waals surface area contributed by atoms with Crippen LogP contribution in [-0.2, 0) is 6.54 Å². The van der Waals surface area contributed by atoms with Crippen LogP contribution in [0.15, 0.2) is 60.1 Å². The highest BCUT2D eigenvalue weighted by Crippen LogP contribution is 2.10. The molecule has 0 saturated carbocycles. The smallest absolute Gasteiger partial charge is 0.197 e. The molecule has 3 heteroatoms. The van der Waals surface area contributed by atoms with Crippen molar-refractivity contribution in [1.82, 2.24) is 4.90 Å². The fourth-order valence-corrected chi connectivity index (χ4v) is 2.41. The molecule has 0 unspecified atom stereocenters.